The maximum absolute atomic E-state index is 8.88. The number of allylic oxidation sites excluding steroid dienone is 5. The Balaban J connectivity index is 0. The van der Waals surface area contributed by atoms with Gasteiger partial charge in [-0.25, -0.2) is 4.57 Å². The zero-order valence-electron chi connectivity index (χ0n) is 24.1. The molecule has 194 valence electrons. The van der Waals surface area contributed by atoms with Crippen LogP contribution < -0.4 is 0 Å². The van der Waals surface area contributed by atoms with E-state index in [1.807, 2.05) is 6.07 Å². The molecule has 6 heteroatoms. The van der Waals surface area contributed by atoms with Gasteiger partial charge in [0.2, 0.25) is 0 Å². The first kappa shape index (κ1) is 36.8. The molecule has 0 heterocycles. The normalized spacial score (nSPS) is 14.7. The van der Waals surface area contributed by atoms with Crippen molar-refractivity contribution in [2.24, 2.45) is 10.8 Å². The Kier molecular flexibility index (Phi) is 14.2. The number of phosphoric acid groups is 1. The average molecular weight is 531 g/mol. The zero-order chi connectivity index (χ0) is 27.3. The van der Waals surface area contributed by atoms with Gasteiger partial charge in [-0.15, -0.1) is 29.7 Å². The van der Waals surface area contributed by atoms with Gasteiger partial charge in [-0.1, -0.05) is 83.1 Å². The van der Waals surface area contributed by atoms with Crippen molar-refractivity contribution in [2.45, 2.75) is 93.9 Å². The fourth-order valence-corrected chi connectivity index (χ4v) is 2.92. The van der Waals surface area contributed by atoms with E-state index in [2.05, 4.69) is 126 Å². The summed E-state index contributed by atoms with van der Waals surface area (Å²) in [5.74, 6) is 0. The molecule has 2 rings (SSSR count). The molecule has 0 aliphatic heterocycles. The van der Waals surface area contributed by atoms with E-state index in [9.17, 15) is 0 Å². The Bertz CT molecular complexity index is 903. The average Bonchev–Trinajstić information content (AvgIpc) is 2.57. The quantitative estimate of drug-likeness (QED) is 0.185. The van der Waals surface area contributed by atoms with Crippen LogP contribution >= 0.6 is 7.82 Å². The topological polar surface area (TPSA) is 77.8 Å². The first-order valence-corrected chi connectivity index (χ1v) is 13.2. The molecule has 3 N–H and O–H groups in total. The third kappa shape index (κ3) is 16.2. The van der Waals surface area contributed by atoms with Crippen molar-refractivity contribution < 1.29 is 19.2 Å². The minimum Gasteiger partial charge on any atom is -0.303 e. The van der Waals surface area contributed by atoms with Gasteiger partial charge < -0.3 is 14.7 Å². The zero-order valence-corrected chi connectivity index (χ0v) is 27.2. The SMILES string of the molecule is C=C1C=C(C(C)(C)C)C=C(C(C)(C)C)[CH-]1.CC(C)(C)c1[c-]ccc(C(C)(C)C)c1.O=P(O)(O)O.[Ca+2]. The molecule has 0 spiro atoms. The van der Waals surface area contributed by atoms with Gasteiger partial charge in [-0.3, -0.25) is 0 Å². The summed E-state index contributed by atoms with van der Waals surface area (Å²) in [7, 11) is -4.64. The Morgan fingerprint density at radius 1 is 0.800 bits per heavy atom. The molecule has 0 saturated carbocycles. The summed E-state index contributed by atoms with van der Waals surface area (Å²) in [6.45, 7) is 31.0. The molecule has 1 aliphatic rings. The number of benzene rings is 1. The Morgan fingerprint density at radius 3 is 1.60 bits per heavy atom. The summed E-state index contributed by atoms with van der Waals surface area (Å²) in [6, 6.07) is 9.80. The molecule has 0 atom stereocenters. The van der Waals surface area contributed by atoms with E-state index in [-0.39, 0.29) is 59.4 Å². The van der Waals surface area contributed by atoms with E-state index in [1.54, 1.807) is 0 Å². The van der Waals surface area contributed by atoms with Crippen LogP contribution in [0, 0.1) is 23.3 Å². The first-order valence-electron chi connectivity index (χ1n) is 11.6. The predicted molar refractivity (Wildman–Crippen MR) is 151 cm³/mol. The molecule has 0 amide bonds. The molecule has 0 fully saturated rings. The minimum absolute atomic E-state index is 0. The summed E-state index contributed by atoms with van der Waals surface area (Å²) in [6.07, 6.45) is 6.69. The second-order valence-electron chi connectivity index (χ2n) is 12.9. The van der Waals surface area contributed by atoms with Crippen LogP contribution in [-0.4, -0.2) is 52.4 Å². The van der Waals surface area contributed by atoms with Crippen LogP contribution in [-0.2, 0) is 15.4 Å². The monoisotopic (exact) mass is 530 g/mol. The van der Waals surface area contributed by atoms with E-state index < -0.39 is 7.82 Å². The number of hydrogen-bond donors (Lipinski definition) is 3. The first-order chi connectivity index (χ1) is 14.8. The Labute approximate surface area is 245 Å². The largest absolute Gasteiger partial charge is 2.00 e. The molecule has 0 bridgehead atoms. The van der Waals surface area contributed by atoms with E-state index in [1.165, 1.54) is 22.3 Å². The van der Waals surface area contributed by atoms with E-state index in [4.69, 9.17) is 19.2 Å². The second-order valence-corrected chi connectivity index (χ2v) is 13.9. The molecule has 35 heavy (non-hydrogen) atoms. The van der Waals surface area contributed by atoms with Gasteiger partial charge in [0, 0.05) is 0 Å². The van der Waals surface area contributed by atoms with Gasteiger partial charge >= 0.3 is 45.6 Å². The van der Waals surface area contributed by atoms with E-state index in [0.29, 0.717) is 0 Å². The van der Waals surface area contributed by atoms with Crippen molar-refractivity contribution in [2.75, 3.05) is 0 Å². The van der Waals surface area contributed by atoms with Crippen LogP contribution in [0.3, 0.4) is 0 Å². The third-order valence-electron chi connectivity index (χ3n) is 5.20. The third-order valence-corrected chi connectivity index (χ3v) is 5.20. The number of hydrogen-bond acceptors (Lipinski definition) is 1. The van der Waals surface area contributed by atoms with Crippen molar-refractivity contribution in [3.63, 3.8) is 0 Å². The Morgan fingerprint density at radius 2 is 1.26 bits per heavy atom. The van der Waals surface area contributed by atoms with E-state index >= 15 is 0 Å². The molecular formula is C29H47CaO4P. The summed E-state index contributed by atoms with van der Waals surface area (Å²) in [5.41, 5.74) is 7.39. The predicted octanol–water partition coefficient (Wildman–Crippen LogP) is 7.48. The van der Waals surface area contributed by atoms with Gasteiger partial charge in [-0.05, 0) is 21.7 Å². The molecule has 4 nitrogen and oxygen atoms in total. The van der Waals surface area contributed by atoms with E-state index in [0.717, 1.165) is 5.57 Å². The molecule has 0 unspecified atom stereocenters. The van der Waals surface area contributed by atoms with Gasteiger partial charge in [0.1, 0.15) is 0 Å². The van der Waals surface area contributed by atoms with Crippen molar-refractivity contribution in [3.8, 4) is 0 Å². The van der Waals surface area contributed by atoms with Crippen LogP contribution in [0.25, 0.3) is 0 Å². The maximum Gasteiger partial charge on any atom is 2.00 e. The van der Waals surface area contributed by atoms with Crippen LogP contribution in [0.2, 0.25) is 0 Å². The smallest absolute Gasteiger partial charge is 0.303 e. The van der Waals surface area contributed by atoms with Crippen LogP contribution in [0.1, 0.15) is 94.2 Å². The van der Waals surface area contributed by atoms with Gasteiger partial charge in [0.05, 0.1) is 0 Å². The minimum atomic E-state index is -4.64. The summed E-state index contributed by atoms with van der Waals surface area (Å²) >= 11 is 0. The van der Waals surface area contributed by atoms with Crippen molar-refractivity contribution in [1.82, 2.24) is 0 Å². The summed E-state index contributed by atoms with van der Waals surface area (Å²) in [4.78, 5) is 21.6. The Hall–Kier alpha value is -0.320. The van der Waals surface area contributed by atoms with Gasteiger partial charge in [-0.2, -0.15) is 47.5 Å². The second kappa shape index (κ2) is 13.5. The summed E-state index contributed by atoms with van der Waals surface area (Å²) in [5, 5.41) is 0. The summed E-state index contributed by atoms with van der Waals surface area (Å²) < 4.78 is 8.88. The van der Waals surface area contributed by atoms with Crippen molar-refractivity contribution in [3.05, 3.63) is 77.3 Å². The molecule has 0 aromatic heterocycles. The molecule has 1 aromatic rings. The maximum atomic E-state index is 8.88. The fraction of sp³-hybridized carbons (Fsp3) is 0.552. The standard InChI is InChI=1S/C15H23.C14H21.Ca.H3O4P/c1-11-8-12(14(2,3)4)10-13(9-11)15(5,6)7;1-13(2,3)11-8-7-9-12(10-11)14(4,5)6;;1-5(2,3)4/h8-10H,1H2,2-7H3;7-8,10H,1-6H3;;(H3,1,2,3,4)/q2*-1;+2;. The van der Waals surface area contributed by atoms with Crippen LogP contribution in [0.15, 0.2) is 53.6 Å². The molecule has 1 aliphatic carbocycles. The molecule has 0 saturated heterocycles. The van der Waals surface area contributed by atoms with Crippen LogP contribution in [0.4, 0.5) is 0 Å². The number of rotatable bonds is 0. The van der Waals surface area contributed by atoms with Crippen LogP contribution in [0.5, 0.6) is 0 Å². The molecular weight excluding hydrogens is 483 g/mol. The fourth-order valence-electron chi connectivity index (χ4n) is 2.92. The molecule has 1 aromatic carbocycles. The van der Waals surface area contributed by atoms with Crippen molar-refractivity contribution in [1.29, 1.82) is 0 Å². The van der Waals surface area contributed by atoms with Gasteiger partial charge in [0.25, 0.3) is 0 Å². The molecule has 0 radical (unpaired) electrons. The van der Waals surface area contributed by atoms with Gasteiger partial charge in [0.15, 0.2) is 0 Å². The van der Waals surface area contributed by atoms with Crippen molar-refractivity contribution >= 4 is 45.6 Å².